The van der Waals surface area contributed by atoms with Crippen LogP contribution in [0.25, 0.3) is 33.8 Å². The van der Waals surface area contributed by atoms with E-state index < -0.39 is 0 Å². The average Bonchev–Trinajstić information content (AvgIpc) is 1.64. The largest absolute Gasteiger partial charge is 0.507 e. The van der Waals surface area contributed by atoms with E-state index in [2.05, 4.69) is 110 Å². The summed E-state index contributed by atoms with van der Waals surface area (Å²) in [5, 5.41) is 63.1. The molecule has 14 rings (SSSR count). The standard InChI is InChI=1S/C32H34N4O3.C31H32N4O3.C27H32N4O3/c1-32(2,3)24-13-11-23(12-14-24)30(38)34-25-15-16-26(29(37)19-25)27-20-28(22-9-10-22)36(35-27)31(39)33-18-17-21-7-5-4-6-8-21;1-31(2,3)23-13-11-22(12-14-23)29(37)33-24-15-16-25(28(36)17-24)26-18-27(21-9-10-21)35(34-26)30(38)32-19-20-7-5-4-6-8-20;1-5-14-28-26(34)31-23(17-6-7-17)16-22(30-31)21-13-12-20(15-24(21)32)29-25(33)18-8-10-19(11-9-18)27(2,3)4/h4-8,11-16,19-20,22,37H,9-10,17-18H2,1-3H3,(H,33,39)(H,34,38);4-8,11-18,21,36H,9-10,19H2,1-3H3,(H,32,38)(H,33,37);8-13,15-17,32H,5-7,14H2,1-4H3,(H,28,34)(H,29,33). The maximum Gasteiger partial charge on any atom is 0.342 e. The quantitative estimate of drug-likeness (QED) is 0.0365. The molecule has 0 spiro atoms. The number of benzene rings is 8. The van der Waals surface area contributed by atoms with Gasteiger partial charge in [0.15, 0.2) is 0 Å². The zero-order chi connectivity index (χ0) is 78.9. The number of carbonyl (C=O) groups excluding carboxylic acids is 6. The molecule has 0 unspecified atom stereocenters. The highest BCUT2D eigenvalue weighted by molar-refractivity contribution is 6.06. The third-order valence-electron chi connectivity index (χ3n) is 19.8. The molecule has 572 valence electrons. The Bertz CT molecular complexity index is 5170. The van der Waals surface area contributed by atoms with Crippen molar-refractivity contribution in [1.82, 2.24) is 45.3 Å². The second-order valence-corrected chi connectivity index (χ2v) is 31.8. The molecule has 3 aliphatic carbocycles. The lowest BCUT2D eigenvalue weighted by atomic mass is 9.86. The molecule has 6 amide bonds. The van der Waals surface area contributed by atoms with Crippen LogP contribution < -0.4 is 31.9 Å². The van der Waals surface area contributed by atoms with Crippen LogP contribution in [0.2, 0.25) is 0 Å². The number of amides is 6. The molecule has 11 aromatic rings. The normalized spacial score (nSPS) is 13.3. The summed E-state index contributed by atoms with van der Waals surface area (Å²) in [5.41, 5.74) is 14.3. The van der Waals surface area contributed by atoms with Crippen LogP contribution in [0.4, 0.5) is 31.4 Å². The van der Waals surface area contributed by atoms with Gasteiger partial charge in [-0.05, 0) is 186 Å². The number of hydrogen-bond donors (Lipinski definition) is 9. The number of rotatable bonds is 19. The monoisotopic (exact) mass is 1490 g/mol. The van der Waals surface area contributed by atoms with Gasteiger partial charge in [-0.2, -0.15) is 29.3 Å². The van der Waals surface area contributed by atoms with Crippen molar-refractivity contribution >= 4 is 52.9 Å². The van der Waals surface area contributed by atoms with Crippen LogP contribution in [-0.2, 0) is 29.2 Å². The highest BCUT2D eigenvalue weighted by atomic mass is 16.3. The van der Waals surface area contributed by atoms with Gasteiger partial charge in [0, 0.05) is 106 Å². The van der Waals surface area contributed by atoms with Gasteiger partial charge in [-0.1, -0.05) is 166 Å². The minimum absolute atomic E-state index is 0.00551. The van der Waals surface area contributed by atoms with Crippen LogP contribution in [0.1, 0.15) is 208 Å². The van der Waals surface area contributed by atoms with Crippen LogP contribution in [0.3, 0.4) is 0 Å². The number of nitrogens with one attached hydrogen (secondary N) is 6. The maximum atomic E-state index is 13.0. The lowest BCUT2D eigenvalue weighted by Gasteiger charge is -2.19. The van der Waals surface area contributed by atoms with Crippen LogP contribution in [-0.4, -0.2) is 93.6 Å². The molecule has 9 N–H and O–H groups in total. The van der Waals surface area contributed by atoms with E-state index in [1.54, 1.807) is 72.8 Å². The van der Waals surface area contributed by atoms with Crippen molar-refractivity contribution in [2.24, 2.45) is 0 Å². The van der Waals surface area contributed by atoms with Crippen molar-refractivity contribution in [3.63, 3.8) is 0 Å². The number of nitrogens with zero attached hydrogens (tertiary/aromatic N) is 6. The number of carbonyl (C=O) groups is 6. The summed E-state index contributed by atoms with van der Waals surface area (Å²) < 4.78 is 4.25. The molecule has 0 aliphatic heterocycles. The summed E-state index contributed by atoms with van der Waals surface area (Å²) >= 11 is 0. The van der Waals surface area contributed by atoms with Gasteiger partial charge in [-0.3, -0.25) is 14.4 Å². The van der Waals surface area contributed by atoms with E-state index in [9.17, 15) is 44.1 Å². The van der Waals surface area contributed by atoms with Gasteiger partial charge in [0.05, 0.1) is 34.2 Å². The molecule has 21 heteroatoms. The molecule has 3 aromatic heterocycles. The fourth-order valence-electron chi connectivity index (χ4n) is 12.7. The summed E-state index contributed by atoms with van der Waals surface area (Å²) in [5.74, 6) is 0.0694. The van der Waals surface area contributed by atoms with E-state index in [0.717, 1.165) is 96.3 Å². The molecule has 21 nitrogen and oxygen atoms in total. The first kappa shape index (κ1) is 78.2. The molecular formula is C90H98N12O9. The molecule has 111 heavy (non-hydrogen) atoms. The molecule has 3 heterocycles. The van der Waals surface area contributed by atoms with E-state index in [4.69, 9.17) is 0 Å². The van der Waals surface area contributed by atoms with E-state index >= 15 is 0 Å². The number of phenols is 3. The summed E-state index contributed by atoms with van der Waals surface area (Å²) in [6.07, 6.45) is 7.66. The number of aromatic hydroxyl groups is 3. The highest BCUT2D eigenvalue weighted by Crippen LogP contribution is 2.45. The van der Waals surface area contributed by atoms with Crippen LogP contribution >= 0.6 is 0 Å². The summed E-state index contributed by atoms with van der Waals surface area (Å²) in [6, 6.07) is 61.9. The minimum atomic E-state index is -0.303. The Morgan fingerprint density at radius 2 is 0.667 bits per heavy atom. The summed E-state index contributed by atoms with van der Waals surface area (Å²) in [6.45, 7) is 22.6. The molecule has 3 fully saturated rings. The second-order valence-electron chi connectivity index (χ2n) is 31.8. The molecule has 0 radical (unpaired) electrons. The van der Waals surface area contributed by atoms with Gasteiger partial charge in [0.2, 0.25) is 0 Å². The number of phenolic OH excluding ortho intramolecular Hbond substituents is 3. The smallest absolute Gasteiger partial charge is 0.342 e. The molecule has 0 bridgehead atoms. The Labute approximate surface area is 648 Å². The summed E-state index contributed by atoms with van der Waals surface area (Å²) in [7, 11) is 0. The number of aromatic nitrogens is 6. The van der Waals surface area contributed by atoms with E-state index in [-0.39, 0.29) is 81.1 Å². The van der Waals surface area contributed by atoms with Crippen LogP contribution in [0, 0.1) is 0 Å². The molecule has 3 aliphatic rings. The first-order valence-electron chi connectivity index (χ1n) is 38.0. The van der Waals surface area contributed by atoms with Crippen molar-refractivity contribution in [1.29, 1.82) is 0 Å². The SMILES string of the molecule is CC(C)(C)c1ccc(C(=O)Nc2ccc(-c3cc(C4CC4)n(C(=O)NCCc4ccccc4)n3)c(O)c2)cc1.CC(C)(C)c1ccc(C(=O)Nc2ccc(-c3cc(C4CC4)n(C(=O)NCc4ccccc4)n3)c(O)c2)cc1.CCCNC(=O)n1nc(-c2ccc(NC(=O)c3ccc(C(C)(C)C)cc3)cc2O)cc1C1CC1. The van der Waals surface area contributed by atoms with E-state index in [1.165, 1.54) is 32.2 Å². The van der Waals surface area contributed by atoms with Gasteiger partial charge < -0.3 is 47.2 Å². The van der Waals surface area contributed by atoms with Crippen molar-refractivity contribution in [3.05, 3.63) is 268 Å². The number of anilines is 3. The third kappa shape index (κ3) is 20.1. The van der Waals surface area contributed by atoms with E-state index in [0.29, 0.717) is 93.1 Å². The fourth-order valence-corrected chi connectivity index (χ4v) is 12.7. The zero-order valence-corrected chi connectivity index (χ0v) is 64.6. The Hall–Kier alpha value is -12.4. The molecule has 8 aromatic carbocycles. The lowest BCUT2D eigenvalue weighted by Crippen LogP contribution is -2.32. The van der Waals surface area contributed by atoms with Crippen molar-refractivity contribution in [2.75, 3.05) is 29.0 Å². The van der Waals surface area contributed by atoms with E-state index in [1.807, 2.05) is 122 Å². The predicted octanol–water partition coefficient (Wildman–Crippen LogP) is 18.6. The Morgan fingerprint density at radius 1 is 0.369 bits per heavy atom. The molecular weight excluding hydrogens is 1390 g/mol. The summed E-state index contributed by atoms with van der Waals surface area (Å²) in [4.78, 5) is 76.7. The topological polar surface area (TPSA) is 289 Å². The molecule has 0 saturated heterocycles. The maximum absolute atomic E-state index is 13.0. The second kappa shape index (κ2) is 33.6. The van der Waals surface area contributed by atoms with Gasteiger partial charge in [0.1, 0.15) is 17.2 Å². The first-order valence-corrected chi connectivity index (χ1v) is 38.0. The van der Waals surface area contributed by atoms with Crippen molar-refractivity contribution in [2.45, 2.75) is 161 Å². The fraction of sp³-hybridized carbons (Fsp3) is 0.300. The average molecular weight is 1490 g/mol. The van der Waals surface area contributed by atoms with Gasteiger partial charge in [-0.15, -0.1) is 0 Å². The number of hydrogen-bond acceptors (Lipinski definition) is 12. The highest BCUT2D eigenvalue weighted by Gasteiger charge is 2.34. The minimum Gasteiger partial charge on any atom is -0.507 e. The Kier molecular flexibility index (Phi) is 23.7. The molecule has 0 atom stereocenters. The van der Waals surface area contributed by atoms with Crippen molar-refractivity contribution < 1.29 is 44.1 Å². The Balaban J connectivity index is 0.000000155. The van der Waals surface area contributed by atoms with Gasteiger partial charge in [0.25, 0.3) is 17.7 Å². The van der Waals surface area contributed by atoms with Crippen LogP contribution in [0.15, 0.2) is 206 Å². The molecule has 3 saturated carbocycles. The van der Waals surface area contributed by atoms with Crippen LogP contribution in [0.5, 0.6) is 17.2 Å². The van der Waals surface area contributed by atoms with Crippen molar-refractivity contribution in [3.8, 4) is 51.0 Å². The van der Waals surface area contributed by atoms with Gasteiger partial charge >= 0.3 is 18.1 Å². The predicted molar refractivity (Wildman–Crippen MR) is 435 cm³/mol. The zero-order valence-electron chi connectivity index (χ0n) is 64.6. The van der Waals surface area contributed by atoms with Gasteiger partial charge in [-0.25, -0.2) is 14.4 Å². The Morgan fingerprint density at radius 3 is 0.955 bits per heavy atom. The third-order valence-corrected chi connectivity index (χ3v) is 19.8. The lowest BCUT2D eigenvalue weighted by molar-refractivity contribution is 0.101. The first-order chi connectivity index (χ1) is 53.0.